The van der Waals surface area contributed by atoms with Crippen LogP contribution in [-0.4, -0.2) is 76.9 Å². The summed E-state index contributed by atoms with van der Waals surface area (Å²) in [6.07, 6.45) is 6.85. The Balaban J connectivity index is 0.00000202. The van der Waals surface area contributed by atoms with E-state index in [1.807, 2.05) is 19.1 Å². The van der Waals surface area contributed by atoms with Crippen molar-refractivity contribution in [2.45, 2.75) is 72.8 Å². The summed E-state index contributed by atoms with van der Waals surface area (Å²) >= 11 is 6.85. The Morgan fingerprint density at radius 2 is 1.66 bits per heavy atom. The average Bonchev–Trinajstić information content (AvgIpc) is 3.70. The molecule has 1 aromatic heterocycles. The molecule has 2 heterocycles. The molecule has 1 aliphatic rings. The number of hydrogen-bond acceptors (Lipinski definition) is 9. The van der Waals surface area contributed by atoms with E-state index in [9.17, 15) is 10.4 Å². The summed E-state index contributed by atoms with van der Waals surface area (Å²) in [4.78, 5) is 17.2. The van der Waals surface area contributed by atoms with Gasteiger partial charge in [-0.05, 0) is 106 Å². The van der Waals surface area contributed by atoms with Crippen molar-refractivity contribution in [2.24, 2.45) is 0 Å². The second kappa shape index (κ2) is 21.1. The Morgan fingerprint density at radius 3 is 2.36 bits per heavy atom. The van der Waals surface area contributed by atoms with Crippen molar-refractivity contribution in [2.75, 3.05) is 39.4 Å². The molecule has 10 nitrogen and oxygen atoms in total. The molecule has 0 radical (unpaired) electrons. The fraction of sp³-hybridized carbons (Fsp3) is 0.405. The maximum Gasteiger partial charge on any atom is 0.290 e. The molecule has 11 heteroatoms. The highest BCUT2D eigenvalue weighted by molar-refractivity contribution is 6.32. The number of aliphatic hydroxyl groups excluding tert-OH is 1. The lowest BCUT2D eigenvalue weighted by Crippen LogP contribution is -2.35. The van der Waals surface area contributed by atoms with Gasteiger partial charge in [-0.15, -0.1) is 0 Å². The smallest absolute Gasteiger partial charge is 0.290 e. The zero-order chi connectivity index (χ0) is 38.2. The van der Waals surface area contributed by atoms with E-state index in [1.165, 1.54) is 32.1 Å². The third-order valence-electron chi connectivity index (χ3n) is 9.58. The lowest BCUT2D eigenvalue weighted by Gasteiger charge is -2.27. The first-order valence-electron chi connectivity index (χ1n) is 18.1. The topological polar surface area (TPSA) is 128 Å². The Labute approximate surface area is 318 Å². The molecule has 1 aliphatic heterocycles. The Morgan fingerprint density at radius 1 is 0.962 bits per heavy atom. The van der Waals surface area contributed by atoms with Crippen LogP contribution in [0.5, 0.6) is 17.2 Å². The lowest BCUT2D eigenvalue weighted by atomic mass is 9.93. The number of ether oxygens (including phenoxy) is 3. The normalized spacial score (nSPS) is 13.2. The van der Waals surface area contributed by atoms with Crippen LogP contribution in [0.15, 0.2) is 67.0 Å². The van der Waals surface area contributed by atoms with Crippen molar-refractivity contribution < 1.29 is 29.2 Å². The first-order valence-corrected chi connectivity index (χ1v) is 18.5. The predicted octanol–water partition coefficient (Wildman–Crippen LogP) is 7.82. The van der Waals surface area contributed by atoms with Gasteiger partial charge < -0.3 is 29.3 Å². The third-order valence-corrected chi connectivity index (χ3v) is 9.87. The molecule has 1 fully saturated rings. The molecule has 0 spiro atoms. The summed E-state index contributed by atoms with van der Waals surface area (Å²) in [7, 11) is 0. The number of nitrogens with zero attached hydrogens (tertiary/aromatic N) is 4. The first-order chi connectivity index (χ1) is 25.7. The van der Waals surface area contributed by atoms with E-state index in [4.69, 9.17) is 35.7 Å². The van der Waals surface area contributed by atoms with Crippen molar-refractivity contribution >= 4 is 18.1 Å². The van der Waals surface area contributed by atoms with Gasteiger partial charge in [-0.2, -0.15) is 5.26 Å². The summed E-state index contributed by atoms with van der Waals surface area (Å²) in [5.41, 5.74) is 7.72. The van der Waals surface area contributed by atoms with Gasteiger partial charge in [-0.25, -0.2) is 0 Å². The summed E-state index contributed by atoms with van der Waals surface area (Å²) in [5, 5.41) is 26.5. The molecule has 1 atom stereocenters. The summed E-state index contributed by atoms with van der Waals surface area (Å²) in [6.45, 7) is 14.1. The van der Waals surface area contributed by atoms with E-state index >= 15 is 0 Å². The summed E-state index contributed by atoms with van der Waals surface area (Å²) in [6, 6.07) is 20.1. The van der Waals surface area contributed by atoms with E-state index in [-0.39, 0.29) is 25.7 Å². The van der Waals surface area contributed by atoms with Crippen molar-refractivity contribution in [3.8, 4) is 34.4 Å². The van der Waals surface area contributed by atoms with Gasteiger partial charge in [-0.3, -0.25) is 14.7 Å². The lowest BCUT2D eigenvalue weighted by molar-refractivity contribution is -0.122. The van der Waals surface area contributed by atoms with Crippen LogP contribution in [0.4, 0.5) is 0 Å². The molecule has 3 aromatic carbocycles. The van der Waals surface area contributed by atoms with E-state index in [0.29, 0.717) is 41.8 Å². The minimum Gasteiger partial charge on any atom is -0.493 e. The monoisotopic (exact) mass is 742 g/mol. The molecule has 4 aromatic rings. The maximum atomic E-state index is 9.82. The standard InChI is InChI=1S/C41H49ClN4O4.CH2O2/c1-5-46(29(2)26-47)25-35-20-38(42)41(21-40(35)49-27-33-19-32(22-43)23-44-24-33)50-28-34-11-8-12-36(30(34)3)37-13-9-14-39(31(37)4)48-18-10-17-45-15-6-7-16-45;2-1-3/h8-9,11-14,19-21,23-24,29,47H,5-7,10,15-18,25-28H2,1-4H3;1H,(H,2,3). The number of benzene rings is 3. The molecular formula is C42H51ClN4O6. The molecule has 1 saturated heterocycles. The van der Waals surface area contributed by atoms with Gasteiger partial charge in [0.2, 0.25) is 0 Å². The number of nitriles is 1. The number of halogens is 1. The number of carbonyl (C=O) groups is 1. The minimum atomic E-state index is -0.250. The highest BCUT2D eigenvalue weighted by Crippen LogP contribution is 2.37. The van der Waals surface area contributed by atoms with Crippen LogP contribution in [-0.2, 0) is 24.6 Å². The number of likely N-dealkylation sites (tertiary alicyclic amines) is 1. The number of likely N-dealkylation sites (N-methyl/N-ethyl adjacent to an activating group) is 1. The Bertz CT molecular complexity index is 1820. The molecule has 0 saturated carbocycles. The van der Waals surface area contributed by atoms with Crippen molar-refractivity contribution in [3.05, 3.63) is 105 Å². The quantitative estimate of drug-likeness (QED) is 0.0817. The SMILES string of the molecule is CCN(Cc1cc(Cl)c(OCc2cccc(-c3cccc(OCCCN4CCCC4)c3C)c2C)cc1OCc1cncc(C#N)c1)C(C)CO.O=CO. The van der Waals surface area contributed by atoms with Crippen molar-refractivity contribution in [1.82, 2.24) is 14.8 Å². The van der Waals surface area contributed by atoms with Gasteiger partial charge in [0, 0.05) is 48.7 Å². The number of hydrogen-bond donors (Lipinski definition) is 2. The Hall–Kier alpha value is -4.66. The number of pyridine rings is 1. The fourth-order valence-corrected chi connectivity index (χ4v) is 6.71. The fourth-order valence-electron chi connectivity index (χ4n) is 6.47. The zero-order valence-corrected chi connectivity index (χ0v) is 31.9. The van der Waals surface area contributed by atoms with Gasteiger partial charge in [0.1, 0.15) is 36.5 Å². The van der Waals surface area contributed by atoms with Crippen LogP contribution in [0.3, 0.4) is 0 Å². The van der Waals surface area contributed by atoms with Crippen LogP contribution in [0.25, 0.3) is 11.1 Å². The number of aromatic nitrogens is 1. The van der Waals surface area contributed by atoms with Crippen LogP contribution in [0, 0.1) is 25.2 Å². The predicted molar refractivity (Wildman–Crippen MR) is 208 cm³/mol. The molecule has 2 N–H and O–H groups in total. The number of rotatable bonds is 17. The molecule has 0 bridgehead atoms. The maximum absolute atomic E-state index is 9.82. The minimum absolute atomic E-state index is 0.0370. The van der Waals surface area contributed by atoms with Gasteiger partial charge in [0.25, 0.3) is 6.47 Å². The van der Waals surface area contributed by atoms with Crippen LogP contribution in [0.1, 0.15) is 66.5 Å². The van der Waals surface area contributed by atoms with Crippen molar-refractivity contribution in [1.29, 1.82) is 5.26 Å². The van der Waals surface area contributed by atoms with Gasteiger partial charge in [0.05, 0.1) is 23.8 Å². The highest BCUT2D eigenvalue weighted by Gasteiger charge is 2.19. The average molecular weight is 743 g/mol. The van der Waals surface area contributed by atoms with E-state index in [2.05, 4.69) is 78.0 Å². The van der Waals surface area contributed by atoms with Crippen LogP contribution in [0.2, 0.25) is 5.02 Å². The van der Waals surface area contributed by atoms with Gasteiger partial charge >= 0.3 is 0 Å². The molecule has 0 aliphatic carbocycles. The zero-order valence-electron chi connectivity index (χ0n) is 31.2. The molecule has 282 valence electrons. The third kappa shape index (κ3) is 11.7. The second-order valence-electron chi connectivity index (χ2n) is 13.1. The Kier molecular flexibility index (Phi) is 16.4. The largest absolute Gasteiger partial charge is 0.493 e. The van der Waals surface area contributed by atoms with Crippen molar-refractivity contribution in [3.63, 3.8) is 0 Å². The van der Waals surface area contributed by atoms with Crippen LogP contribution < -0.4 is 14.2 Å². The first kappa shape index (κ1) is 41.1. The van der Waals surface area contributed by atoms with Crippen LogP contribution >= 0.6 is 11.6 Å². The van der Waals surface area contributed by atoms with E-state index in [1.54, 1.807) is 12.3 Å². The second-order valence-corrected chi connectivity index (χ2v) is 13.5. The molecule has 0 amide bonds. The van der Waals surface area contributed by atoms with Gasteiger partial charge in [0.15, 0.2) is 0 Å². The van der Waals surface area contributed by atoms with E-state index < -0.39 is 0 Å². The number of aliphatic hydroxyl groups is 1. The molecule has 53 heavy (non-hydrogen) atoms. The van der Waals surface area contributed by atoms with Gasteiger partial charge in [-0.1, -0.05) is 48.9 Å². The summed E-state index contributed by atoms with van der Waals surface area (Å²) < 4.78 is 19.0. The molecule has 5 rings (SSSR count). The number of carboxylic acid groups (broad SMARTS) is 1. The molecule has 1 unspecified atom stereocenters. The highest BCUT2D eigenvalue weighted by atomic mass is 35.5. The van der Waals surface area contributed by atoms with E-state index in [0.717, 1.165) is 64.2 Å². The molecular weight excluding hydrogens is 692 g/mol. The summed E-state index contributed by atoms with van der Waals surface area (Å²) in [5.74, 6) is 2.06.